The number of hydrogen-bond donors (Lipinski definition) is 0. The molecule has 1 fully saturated rings. The molecule has 0 aliphatic heterocycles. The number of aromatic nitrogens is 3. The van der Waals surface area contributed by atoms with Crippen LogP contribution in [0.3, 0.4) is 0 Å². The lowest BCUT2D eigenvalue weighted by Crippen LogP contribution is -2.32. The van der Waals surface area contributed by atoms with Crippen molar-refractivity contribution < 1.29 is 19.1 Å². The maximum Gasteiger partial charge on any atom is 0.360 e. The van der Waals surface area contributed by atoms with Crippen molar-refractivity contribution in [1.82, 2.24) is 15.0 Å². The third-order valence-corrected chi connectivity index (χ3v) is 4.94. The monoisotopic (exact) mass is 391 g/mol. The minimum absolute atomic E-state index is 0.125. The van der Waals surface area contributed by atoms with Crippen LogP contribution in [0.4, 0.5) is 0 Å². The number of nitrogens with zero attached hydrogens (tertiary/aromatic N) is 3. The Kier molecular flexibility index (Phi) is 6.45. The molecule has 2 unspecified atom stereocenters. The Morgan fingerprint density at radius 1 is 1.30 bits per heavy atom. The number of methoxy groups -OCH3 is 1. The highest BCUT2D eigenvalue weighted by Gasteiger charge is 2.31. The lowest BCUT2D eigenvalue weighted by atomic mass is 9.92. The van der Waals surface area contributed by atoms with Gasteiger partial charge in [0.1, 0.15) is 6.10 Å². The molecule has 1 aromatic heterocycles. The SMILES string of the molecule is COC(=O)c1cn(C2CCCCC2OC(=O)CCc2cccc(Cl)c2)nn1. The van der Waals surface area contributed by atoms with Crippen LogP contribution in [0.5, 0.6) is 0 Å². The minimum Gasteiger partial charge on any atom is -0.464 e. The van der Waals surface area contributed by atoms with Gasteiger partial charge in [0.25, 0.3) is 0 Å². The van der Waals surface area contributed by atoms with Crippen LogP contribution >= 0.6 is 11.6 Å². The van der Waals surface area contributed by atoms with E-state index in [1.807, 2.05) is 18.2 Å². The van der Waals surface area contributed by atoms with Gasteiger partial charge in [0, 0.05) is 11.4 Å². The van der Waals surface area contributed by atoms with Gasteiger partial charge in [-0.2, -0.15) is 0 Å². The van der Waals surface area contributed by atoms with Crippen molar-refractivity contribution in [3.63, 3.8) is 0 Å². The van der Waals surface area contributed by atoms with Gasteiger partial charge in [-0.1, -0.05) is 35.4 Å². The van der Waals surface area contributed by atoms with Gasteiger partial charge in [0.2, 0.25) is 0 Å². The van der Waals surface area contributed by atoms with Gasteiger partial charge in [-0.3, -0.25) is 4.79 Å². The topological polar surface area (TPSA) is 83.3 Å². The average molecular weight is 392 g/mol. The zero-order chi connectivity index (χ0) is 19.2. The Hall–Kier alpha value is -2.41. The van der Waals surface area contributed by atoms with Gasteiger partial charge in [-0.25, -0.2) is 9.48 Å². The molecule has 1 aromatic carbocycles. The van der Waals surface area contributed by atoms with E-state index < -0.39 is 5.97 Å². The smallest absolute Gasteiger partial charge is 0.360 e. The van der Waals surface area contributed by atoms with Crippen LogP contribution in [0.15, 0.2) is 30.5 Å². The second-order valence-electron chi connectivity index (χ2n) is 6.59. The highest BCUT2D eigenvalue weighted by atomic mass is 35.5. The third-order valence-electron chi connectivity index (χ3n) is 4.70. The Labute approximate surface area is 162 Å². The van der Waals surface area contributed by atoms with Crippen LogP contribution in [0.25, 0.3) is 0 Å². The quantitative estimate of drug-likeness (QED) is 0.702. The summed E-state index contributed by atoms with van der Waals surface area (Å²) in [5.41, 5.74) is 1.15. The number of carbonyl (C=O) groups excluding carboxylic acids is 2. The third kappa shape index (κ3) is 5.07. The molecule has 3 rings (SSSR count). The van der Waals surface area contributed by atoms with Crippen molar-refractivity contribution in [2.24, 2.45) is 0 Å². The predicted molar refractivity (Wildman–Crippen MR) is 98.5 cm³/mol. The van der Waals surface area contributed by atoms with Gasteiger partial charge in [0.05, 0.1) is 19.3 Å². The van der Waals surface area contributed by atoms with E-state index in [0.29, 0.717) is 11.4 Å². The Morgan fingerprint density at radius 3 is 2.89 bits per heavy atom. The van der Waals surface area contributed by atoms with Crippen LogP contribution in [0, 0.1) is 0 Å². The van der Waals surface area contributed by atoms with E-state index in [0.717, 1.165) is 31.2 Å². The van der Waals surface area contributed by atoms with E-state index in [1.54, 1.807) is 16.9 Å². The normalized spacial score (nSPS) is 19.5. The second-order valence-corrected chi connectivity index (χ2v) is 7.02. The number of ether oxygens (including phenoxy) is 2. The fraction of sp³-hybridized carbons (Fsp3) is 0.474. The number of hydrogen-bond acceptors (Lipinski definition) is 6. The van der Waals surface area contributed by atoms with Gasteiger partial charge >= 0.3 is 11.9 Å². The van der Waals surface area contributed by atoms with Crippen molar-refractivity contribution in [1.29, 1.82) is 0 Å². The fourth-order valence-electron chi connectivity index (χ4n) is 3.32. The first-order valence-corrected chi connectivity index (χ1v) is 9.38. The van der Waals surface area contributed by atoms with E-state index in [1.165, 1.54) is 7.11 Å². The first-order chi connectivity index (χ1) is 13.1. The number of benzene rings is 1. The summed E-state index contributed by atoms with van der Waals surface area (Å²) in [7, 11) is 1.30. The van der Waals surface area contributed by atoms with Crippen LogP contribution in [-0.4, -0.2) is 40.1 Å². The van der Waals surface area contributed by atoms with Crippen molar-refractivity contribution in [3.8, 4) is 0 Å². The molecule has 0 amide bonds. The van der Waals surface area contributed by atoms with Crippen LogP contribution in [-0.2, 0) is 20.7 Å². The highest BCUT2D eigenvalue weighted by Crippen LogP contribution is 2.31. The molecular weight excluding hydrogens is 370 g/mol. The molecule has 0 radical (unpaired) electrons. The molecule has 2 aromatic rings. The minimum atomic E-state index is -0.535. The van der Waals surface area contributed by atoms with Gasteiger partial charge in [-0.15, -0.1) is 5.10 Å². The molecule has 0 N–H and O–H groups in total. The van der Waals surface area contributed by atoms with Crippen molar-refractivity contribution >= 4 is 23.5 Å². The van der Waals surface area contributed by atoms with Crippen LogP contribution in [0.1, 0.15) is 54.2 Å². The summed E-state index contributed by atoms with van der Waals surface area (Å²) in [5, 5.41) is 8.53. The summed E-state index contributed by atoms with van der Waals surface area (Å²) in [6.07, 6.45) is 5.71. The average Bonchev–Trinajstić information content (AvgIpc) is 3.16. The van der Waals surface area contributed by atoms with E-state index >= 15 is 0 Å². The lowest BCUT2D eigenvalue weighted by Gasteiger charge is -2.30. The second kappa shape index (κ2) is 8.99. The fourth-order valence-corrected chi connectivity index (χ4v) is 3.53. The molecule has 27 heavy (non-hydrogen) atoms. The number of halogens is 1. The summed E-state index contributed by atoms with van der Waals surface area (Å²) in [6.45, 7) is 0. The molecular formula is C19H22ClN3O4. The Bertz CT molecular complexity index is 808. The molecule has 0 bridgehead atoms. The number of rotatable bonds is 6. The molecule has 1 aliphatic rings. The Balaban J connectivity index is 1.60. The van der Waals surface area contributed by atoms with Crippen LogP contribution in [0.2, 0.25) is 5.02 Å². The molecule has 1 saturated carbocycles. The molecule has 2 atom stereocenters. The Morgan fingerprint density at radius 2 is 2.11 bits per heavy atom. The van der Waals surface area contributed by atoms with E-state index in [4.69, 9.17) is 16.3 Å². The number of esters is 2. The molecule has 0 saturated heterocycles. The maximum absolute atomic E-state index is 12.3. The molecule has 1 aliphatic carbocycles. The molecule has 7 nitrogen and oxygen atoms in total. The van der Waals surface area contributed by atoms with Gasteiger partial charge in [0.15, 0.2) is 5.69 Å². The summed E-state index contributed by atoms with van der Waals surface area (Å²) in [5.74, 6) is -0.785. The molecule has 8 heteroatoms. The summed E-state index contributed by atoms with van der Waals surface area (Å²) < 4.78 is 12.0. The first-order valence-electron chi connectivity index (χ1n) is 9.01. The van der Waals surface area contributed by atoms with Gasteiger partial charge in [-0.05, 0) is 43.4 Å². The number of aryl methyl sites for hydroxylation is 1. The van der Waals surface area contributed by atoms with Crippen molar-refractivity contribution in [3.05, 3.63) is 46.7 Å². The summed E-state index contributed by atoms with van der Waals surface area (Å²) >= 11 is 5.97. The van der Waals surface area contributed by atoms with Crippen LogP contribution < -0.4 is 0 Å². The van der Waals surface area contributed by atoms with E-state index in [9.17, 15) is 9.59 Å². The standard InChI is InChI=1S/C19H22ClN3O4/c1-26-19(25)15-12-23(22-21-15)16-7-2-3-8-17(16)27-18(24)10-9-13-5-4-6-14(20)11-13/h4-6,11-12,16-17H,2-3,7-10H2,1H3. The summed E-state index contributed by atoms with van der Waals surface area (Å²) in [6, 6.07) is 7.33. The zero-order valence-corrected chi connectivity index (χ0v) is 15.9. The number of carbonyl (C=O) groups is 2. The van der Waals surface area contributed by atoms with E-state index in [2.05, 4.69) is 15.0 Å². The van der Waals surface area contributed by atoms with Crippen molar-refractivity contribution in [2.75, 3.05) is 7.11 Å². The largest absolute Gasteiger partial charge is 0.464 e. The summed E-state index contributed by atoms with van der Waals surface area (Å²) in [4.78, 5) is 23.9. The molecule has 144 valence electrons. The van der Waals surface area contributed by atoms with Gasteiger partial charge < -0.3 is 9.47 Å². The molecule has 0 spiro atoms. The maximum atomic E-state index is 12.3. The zero-order valence-electron chi connectivity index (χ0n) is 15.1. The van der Waals surface area contributed by atoms with Crippen molar-refractivity contribution in [2.45, 2.75) is 50.7 Å². The predicted octanol–water partition coefficient (Wildman–Crippen LogP) is 3.38. The lowest BCUT2D eigenvalue weighted by molar-refractivity contribution is -0.153. The molecule has 1 heterocycles. The van der Waals surface area contributed by atoms with E-state index in [-0.39, 0.29) is 30.2 Å². The first kappa shape index (κ1) is 19.4. The highest BCUT2D eigenvalue weighted by molar-refractivity contribution is 6.30.